The number of hydrogen-bond acceptors (Lipinski definition) is 5. The summed E-state index contributed by atoms with van der Waals surface area (Å²) in [6.45, 7) is 1.75. The van der Waals surface area contributed by atoms with Crippen molar-refractivity contribution in [1.82, 2.24) is 18.7 Å². The maximum Gasteiger partial charge on any atom is 0.332 e. The average molecular weight is 479 g/mol. The first-order valence-electron chi connectivity index (χ1n) is 10.8. The molecular formula is C22H28Cl2N6O2. The number of anilines is 1. The second-order valence-electron chi connectivity index (χ2n) is 8.65. The molecule has 32 heavy (non-hydrogen) atoms. The Kier molecular flexibility index (Phi) is 6.65. The van der Waals surface area contributed by atoms with Crippen LogP contribution in [0, 0.1) is 11.8 Å². The standard InChI is InChI=1S/C22H28Cl2N6O2/c1-28-19-18(20(31)29(2)22(28)32)30(12-15-6-7-16(23)9-17(15)24)21(27-19)26-11-14-5-3-4-13(8-14)10-25/h6-7,9,13-14H,3-5,8,10-12,25H2,1-2H3,(H,26,27)/t13-,14+/m1/s1. The van der Waals surface area contributed by atoms with Gasteiger partial charge in [0.15, 0.2) is 11.2 Å². The van der Waals surface area contributed by atoms with E-state index in [4.69, 9.17) is 28.9 Å². The second kappa shape index (κ2) is 9.29. The van der Waals surface area contributed by atoms with Crippen molar-refractivity contribution in [3.63, 3.8) is 0 Å². The molecule has 0 spiro atoms. The highest BCUT2D eigenvalue weighted by molar-refractivity contribution is 6.35. The summed E-state index contributed by atoms with van der Waals surface area (Å²) >= 11 is 12.5. The van der Waals surface area contributed by atoms with Crippen molar-refractivity contribution in [2.75, 3.05) is 18.4 Å². The predicted molar refractivity (Wildman–Crippen MR) is 129 cm³/mol. The predicted octanol–water partition coefficient (Wildman–Crippen LogP) is 2.97. The maximum absolute atomic E-state index is 13.0. The summed E-state index contributed by atoms with van der Waals surface area (Å²) < 4.78 is 4.29. The summed E-state index contributed by atoms with van der Waals surface area (Å²) in [5, 5.41) is 4.48. The average Bonchev–Trinajstić information content (AvgIpc) is 3.15. The van der Waals surface area contributed by atoms with Crippen LogP contribution in [0.25, 0.3) is 11.2 Å². The summed E-state index contributed by atoms with van der Waals surface area (Å²) in [5.74, 6) is 1.57. The van der Waals surface area contributed by atoms with Crippen molar-refractivity contribution in [2.24, 2.45) is 31.7 Å². The molecule has 2 atom stereocenters. The summed E-state index contributed by atoms with van der Waals surface area (Å²) in [6, 6.07) is 5.27. The third-order valence-corrected chi connectivity index (χ3v) is 7.05. The zero-order chi connectivity index (χ0) is 23.0. The Morgan fingerprint density at radius 3 is 2.62 bits per heavy atom. The molecule has 1 fully saturated rings. The summed E-state index contributed by atoms with van der Waals surface area (Å²) in [5.41, 5.74) is 6.58. The van der Waals surface area contributed by atoms with Crippen LogP contribution in [0.3, 0.4) is 0 Å². The molecule has 1 saturated carbocycles. The van der Waals surface area contributed by atoms with Crippen LogP contribution in [-0.4, -0.2) is 31.8 Å². The number of rotatable bonds is 6. The van der Waals surface area contributed by atoms with Gasteiger partial charge in [-0.15, -0.1) is 0 Å². The summed E-state index contributed by atoms with van der Waals surface area (Å²) in [6.07, 6.45) is 4.55. The molecule has 2 aromatic heterocycles. The van der Waals surface area contributed by atoms with Gasteiger partial charge in [0.05, 0.1) is 6.54 Å². The fraction of sp³-hybridized carbons (Fsp3) is 0.500. The molecule has 2 heterocycles. The number of halogens is 2. The quantitative estimate of drug-likeness (QED) is 0.567. The summed E-state index contributed by atoms with van der Waals surface area (Å²) in [4.78, 5) is 30.2. The Hall–Kier alpha value is -2.29. The van der Waals surface area contributed by atoms with Gasteiger partial charge in [0, 0.05) is 30.7 Å². The molecule has 3 N–H and O–H groups in total. The van der Waals surface area contributed by atoms with E-state index in [1.807, 2.05) is 6.07 Å². The minimum atomic E-state index is -0.415. The van der Waals surface area contributed by atoms with E-state index >= 15 is 0 Å². The van der Waals surface area contributed by atoms with Gasteiger partial charge in [0.1, 0.15) is 0 Å². The van der Waals surface area contributed by atoms with Gasteiger partial charge in [-0.1, -0.05) is 35.7 Å². The lowest BCUT2D eigenvalue weighted by molar-refractivity contribution is 0.281. The van der Waals surface area contributed by atoms with Crippen molar-refractivity contribution in [2.45, 2.75) is 32.2 Å². The van der Waals surface area contributed by atoms with Crippen LogP contribution < -0.4 is 22.3 Å². The number of aromatic nitrogens is 4. The van der Waals surface area contributed by atoms with Crippen LogP contribution in [-0.2, 0) is 20.6 Å². The minimum absolute atomic E-state index is 0.318. The largest absolute Gasteiger partial charge is 0.355 e. The van der Waals surface area contributed by atoms with Crippen molar-refractivity contribution in [3.05, 3.63) is 54.6 Å². The monoisotopic (exact) mass is 478 g/mol. The number of nitrogens with two attached hydrogens (primary N) is 1. The van der Waals surface area contributed by atoms with Crippen LogP contribution in [0.1, 0.15) is 31.2 Å². The van der Waals surface area contributed by atoms with E-state index in [2.05, 4.69) is 10.3 Å². The highest BCUT2D eigenvalue weighted by atomic mass is 35.5. The third-order valence-electron chi connectivity index (χ3n) is 6.47. The lowest BCUT2D eigenvalue weighted by atomic mass is 9.81. The van der Waals surface area contributed by atoms with Crippen LogP contribution in [0.5, 0.6) is 0 Å². The van der Waals surface area contributed by atoms with Crippen molar-refractivity contribution in [1.29, 1.82) is 0 Å². The van der Waals surface area contributed by atoms with Gasteiger partial charge in [-0.3, -0.25) is 18.5 Å². The number of benzene rings is 1. The van der Waals surface area contributed by atoms with E-state index in [0.717, 1.165) is 29.5 Å². The number of hydrogen-bond donors (Lipinski definition) is 2. The number of nitrogens with one attached hydrogen (secondary N) is 1. The molecule has 1 aliphatic rings. The van der Waals surface area contributed by atoms with Gasteiger partial charge in [0.2, 0.25) is 5.95 Å². The Morgan fingerprint density at radius 2 is 1.91 bits per heavy atom. The molecule has 8 nitrogen and oxygen atoms in total. The van der Waals surface area contributed by atoms with Gasteiger partial charge in [-0.2, -0.15) is 4.98 Å². The molecule has 0 radical (unpaired) electrons. The smallest absolute Gasteiger partial charge is 0.332 e. The highest BCUT2D eigenvalue weighted by Gasteiger charge is 2.23. The van der Waals surface area contributed by atoms with Crippen molar-refractivity contribution in [3.8, 4) is 0 Å². The second-order valence-corrected chi connectivity index (χ2v) is 9.49. The van der Waals surface area contributed by atoms with Crippen LogP contribution >= 0.6 is 23.2 Å². The molecule has 0 saturated heterocycles. The lowest BCUT2D eigenvalue weighted by Gasteiger charge is -2.28. The highest BCUT2D eigenvalue weighted by Crippen LogP contribution is 2.29. The zero-order valence-corrected chi connectivity index (χ0v) is 19.8. The van der Waals surface area contributed by atoms with Gasteiger partial charge >= 0.3 is 5.69 Å². The molecule has 1 aromatic carbocycles. The zero-order valence-electron chi connectivity index (χ0n) is 18.3. The van der Waals surface area contributed by atoms with Crippen LogP contribution in [0.15, 0.2) is 27.8 Å². The van der Waals surface area contributed by atoms with Crippen molar-refractivity contribution < 1.29 is 0 Å². The lowest BCUT2D eigenvalue weighted by Crippen LogP contribution is -2.37. The third kappa shape index (κ3) is 4.31. The molecule has 3 aromatic rings. The molecule has 1 aliphatic carbocycles. The van der Waals surface area contributed by atoms with E-state index in [-0.39, 0.29) is 0 Å². The van der Waals surface area contributed by atoms with Crippen LogP contribution in [0.2, 0.25) is 10.0 Å². The van der Waals surface area contributed by atoms with E-state index in [1.54, 1.807) is 23.7 Å². The van der Waals surface area contributed by atoms with Crippen LogP contribution in [0.4, 0.5) is 5.95 Å². The molecule has 172 valence electrons. The number of imidazole rings is 1. The van der Waals surface area contributed by atoms with Gasteiger partial charge < -0.3 is 11.1 Å². The van der Waals surface area contributed by atoms with Gasteiger partial charge in [-0.05, 0) is 55.3 Å². The molecule has 0 unspecified atom stereocenters. The molecular weight excluding hydrogens is 451 g/mol. The first-order chi connectivity index (χ1) is 15.3. The topological polar surface area (TPSA) is 99.9 Å². The molecule has 4 rings (SSSR count). The van der Waals surface area contributed by atoms with Gasteiger partial charge in [-0.25, -0.2) is 4.79 Å². The molecule has 0 bridgehead atoms. The molecule has 10 heteroatoms. The molecule has 0 amide bonds. The fourth-order valence-corrected chi connectivity index (χ4v) is 5.06. The summed E-state index contributed by atoms with van der Waals surface area (Å²) in [7, 11) is 3.09. The number of fused-ring (bicyclic) bond motifs is 1. The normalized spacial score (nSPS) is 18.9. The van der Waals surface area contributed by atoms with E-state index < -0.39 is 11.2 Å². The molecule has 0 aliphatic heterocycles. The Bertz CT molecular complexity index is 1260. The van der Waals surface area contributed by atoms with E-state index in [0.29, 0.717) is 52.1 Å². The van der Waals surface area contributed by atoms with Gasteiger partial charge in [0.25, 0.3) is 5.56 Å². The first kappa shape index (κ1) is 22.9. The Morgan fingerprint density at radius 1 is 1.16 bits per heavy atom. The number of nitrogens with zero attached hydrogens (tertiary/aromatic N) is 4. The fourth-order valence-electron chi connectivity index (χ4n) is 4.59. The van der Waals surface area contributed by atoms with E-state index in [9.17, 15) is 9.59 Å². The maximum atomic E-state index is 13.0. The SMILES string of the molecule is Cn1c(=O)c2c(nc(NC[C@H]3CCC[C@@H](CN)C3)n2Cc2ccc(Cl)cc2Cl)n(C)c1=O. The minimum Gasteiger partial charge on any atom is -0.355 e. The number of aryl methyl sites for hydroxylation is 1. The Balaban J connectivity index is 1.76. The first-order valence-corrected chi connectivity index (χ1v) is 11.6. The van der Waals surface area contributed by atoms with Crippen molar-refractivity contribution >= 4 is 40.3 Å². The Labute approximate surface area is 195 Å². The van der Waals surface area contributed by atoms with E-state index in [1.165, 1.54) is 24.5 Å².